The summed E-state index contributed by atoms with van der Waals surface area (Å²) < 4.78 is 0. The van der Waals surface area contributed by atoms with Gasteiger partial charge in [-0.05, 0) is 12.8 Å². The summed E-state index contributed by atoms with van der Waals surface area (Å²) in [7, 11) is 3.98. The van der Waals surface area contributed by atoms with E-state index in [0.717, 1.165) is 0 Å². The van der Waals surface area contributed by atoms with Gasteiger partial charge in [-0.2, -0.15) is 0 Å². The van der Waals surface area contributed by atoms with Crippen LogP contribution in [0.4, 0.5) is 0 Å². The van der Waals surface area contributed by atoms with Gasteiger partial charge in [0.2, 0.25) is 0 Å². The largest absolute Gasteiger partial charge is 0.0941 e. The van der Waals surface area contributed by atoms with E-state index in [2.05, 4.69) is 45.7 Å². The molecule has 0 rings (SSSR count). The zero-order valence-electron chi connectivity index (χ0n) is 7.56. The Labute approximate surface area is 101 Å². The topological polar surface area (TPSA) is 0 Å². The molecule has 0 N–H and O–H groups in total. The van der Waals surface area contributed by atoms with Crippen LogP contribution in [-0.4, -0.2) is 21.2 Å². The van der Waals surface area contributed by atoms with Crippen molar-refractivity contribution in [1.29, 1.82) is 0 Å². The highest BCUT2D eigenvalue weighted by Gasteiger charge is 1.98. The minimum Gasteiger partial charge on any atom is -0.0941 e. The second-order valence-corrected chi connectivity index (χ2v) is 8.61. The lowest BCUT2D eigenvalue weighted by Gasteiger charge is -2.03. The third-order valence-corrected chi connectivity index (χ3v) is 4.67. The predicted molar refractivity (Wildman–Crippen MR) is 70.9 cm³/mol. The van der Waals surface area contributed by atoms with E-state index in [0.29, 0.717) is 9.65 Å². The Morgan fingerprint density at radius 2 is 1.25 bits per heavy atom. The van der Waals surface area contributed by atoms with E-state index in [9.17, 15) is 0 Å². The van der Waals surface area contributed by atoms with Crippen molar-refractivity contribution in [3.8, 4) is 0 Å². The molecule has 0 aromatic heterocycles. The van der Waals surface area contributed by atoms with E-state index < -0.39 is 0 Å². The monoisotopic (exact) mass is 334 g/mol. The third-order valence-electron chi connectivity index (χ3n) is 1.28. The first-order valence-corrected chi connectivity index (χ1v) is 8.47. The maximum absolute atomic E-state index is 3.54. The smallest absolute Gasteiger partial charge is 0.0125 e. The van der Waals surface area contributed by atoms with Gasteiger partial charge in [0.05, 0.1) is 0 Å². The fourth-order valence-corrected chi connectivity index (χ4v) is 4.02. The first kappa shape index (κ1) is 13.7. The lowest BCUT2D eigenvalue weighted by Crippen LogP contribution is -1.92. The molecule has 2 unspecified atom stereocenters. The van der Waals surface area contributed by atoms with Gasteiger partial charge in [-0.3, -0.25) is 0 Å². The molecule has 2 atom stereocenters. The van der Waals surface area contributed by atoms with E-state index in [1.165, 1.54) is 24.3 Å². The summed E-state index contributed by atoms with van der Waals surface area (Å²) in [6.45, 7) is 4.40. The van der Waals surface area contributed by atoms with Gasteiger partial charge in [0, 0.05) is 21.2 Å². The van der Waals surface area contributed by atoms with Gasteiger partial charge in [-0.25, -0.2) is 0 Å². The highest BCUT2D eigenvalue weighted by Crippen LogP contribution is 2.25. The van der Waals surface area contributed by atoms with Crippen LogP contribution in [0, 0.1) is 0 Å². The van der Waals surface area contributed by atoms with E-state index >= 15 is 0 Å². The van der Waals surface area contributed by atoms with Crippen LogP contribution in [0.15, 0.2) is 0 Å². The average molecular weight is 336 g/mol. The van der Waals surface area contributed by atoms with Gasteiger partial charge in [0.15, 0.2) is 0 Å². The first-order chi connectivity index (χ1) is 5.63. The molecule has 4 heteroatoms. The summed E-state index contributed by atoms with van der Waals surface area (Å²) in [5, 5.41) is 0. The quantitative estimate of drug-likeness (QED) is 0.375. The Bertz CT molecular complexity index is 85.1. The summed E-state index contributed by atoms with van der Waals surface area (Å²) in [6, 6.07) is 0. The highest BCUT2D eigenvalue weighted by atomic mass is 79.9. The van der Waals surface area contributed by atoms with Gasteiger partial charge < -0.3 is 0 Å². The molecule has 0 amide bonds. The number of alkyl halides is 2. The van der Waals surface area contributed by atoms with Crippen LogP contribution in [-0.2, 0) is 0 Å². The summed E-state index contributed by atoms with van der Waals surface area (Å²) in [5.74, 6) is 2.52. The Morgan fingerprint density at radius 3 is 1.50 bits per heavy atom. The molecule has 0 aliphatic rings. The van der Waals surface area contributed by atoms with Crippen LogP contribution in [0.1, 0.15) is 26.7 Å². The summed E-state index contributed by atoms with van der Waals surface area (Å²) in [5.41, 5.74) is 0. The molecular formula is C8H16Br2S2. The van der Waals surface area contributed by atoms with Crippen molar-refractivity contribution in [3.05, 3.63) is 0 Å². The standard InChI is InChI=1S/C8H16Br2S2/c1-7(9)3-5-11-12-6-4-8(2)10/h7-8H,3-6H2,1-2H3. The minimum absolute atomic E-state index is 0.667. The molecule has 0 fully saturated rings. The Balaban J connectivity index is 2.91. The predicted octanol–water partition coefficient (Wildman–Crippen LogP) is 4.71. The van der Waals surface area contributed by atoms with Crippen molar-refractivity contribution in [2.75, 3.05) is 11.5 Å². The zero-order valence-corrected chi connectivity index (χ0v) is 12.4. The highest BCUT2D eigenvalue weighted by molar-refractivity contribution is 9.09. The van der Waals surface area contributed by atoms with Crippen LogP contribution in [0.25, 0.3) is 0 Å². The molecule has 0 spiro atoms. The zero-order chi connectivity index (χ0) is 9.40. The maximum Gasteiger partial charge on any atom is 0.0125 e. The van der Waals surface area contributed by atoms with Crippen LogP contribution in [0.3, 0.4) is 0 Å². The van der Waals surface area contributed by atoms with Gasteiger partial charge >= 0.3 is 0 Å². The summed E-state index contributed by atoms with van der Waals surface area (Å²) >= 11 is 7.07. The fourth-order valence-electron chi connectivity index (χ4n) is 0.539. The lowest BCUT2D eigenvalue weighted by atomic mass is 10.4. The Hall–Kier alpha value is 1.66. The van der Waals surface area contributed by atoms with Crippen molar-refractivity contribution in [2.45, 2.75) is 36.3 Å². The second-order valence-electron chi connectivity index (χ2n) is 2.78. The van der Waals surface area contributed by atoms with E-state index in [1.807, 2.05) is 21.6 Å². The van der Waals surface area contributed by atoms with Crippen molar-refractivity contribution in [3.63, 3.8) is 0 Å². The molecule has 74 valence electrons. The second kappa shape index (κ2) is 9.22. The molecule has 0 saturated carbocycles. The van der Waals surface area contributed by atoms with Crippen LogP contribution < -0.4 is 0 Å². The Morgan fingerprint density at radius 1 is 0.917 bits per heavy atom. The molecule has 0 saturated heterocycles. The number of hydrogen-bond acceptors (Lipinski definition) is 2. The molecule has 0 aromatic carbocycles. The molecule has 0 heterocycles. The summed E-state index contributed by atoms with van der Waals surface area (Å²) in [6.07, 6.45) is 2.53. The average Bonchev–Trinajstić information content (AvgIpc) is 1.95. The SMILES string of the molecule is CC(Br)CCSSCCC(C)Br. The van der Waals surface area contributed by atoms with Gasteiger partial charge in [0.1, 0.15) is 0 Å². The molecule has 0 bridgehead atoms. The van der Waals surface area contributed by atoms with Crippen molar-refractivity contribution in [1.82, 2.24) is 0 Å². The van der Waals surface area contributed by atoms with Crippen molar-refractivity contribution < 1.29 is 0 Å². The number of halogens is 2. The number of rotatable bonds is 7. The first-order valence-electron chi connectivity index (χ1n) is 4.15. The van der Waals surface area contributed by atoms with E-state index in [1.54, 1.807) is 0 Å². The van der Waals surface area contributed by atoms with E-state index in [4.69, 9.17) is 0 Å². The molecule has 0 nitrogen and oxygen atoms in total. The van der Waals surface area contributed by atoms with Gasteiger partial charge in [-0.1, -0.05) is 67.3 Å². The van der Waals surface area contributed by atoms with E-state index in [-0.39, 0.29) is 0 Å². The summed E-state index contributed by atoms with van der Waals surface area (Å²) in [4.78, 5) is 1.33. The van der Waals surface area contributed by atoms with Crippen molar-refractivity contribution >= 4 is 53.4 Å². The molecule has 0 aliphatic heterocycles. The number of hydrogen-bond donors (Lipinski definition) is 0. The van der Waals surface area contributed by atoms with Crippen LogP contribution in [0.2, 0.25) is 0 Å². The molecule has 0 aliphatic carbocycles. The molecule has 0 aromatic rings. The maximum atomic E-state index is 3.54. The normalized spacial score (nSPS) is 16.0. The van der Waals surface area contributed by atoms with Crippen molar-refractivity contribution in [2.24, 2.45) is 0 Å². The fraction of sp³-hybridized carbons (Fsp3) is 1.00. The molecular weight excluding hydrogens is 320 g/mol. The van der Waals surface area contributed by atoms with Gasteiger partial charge in [0.25, 0.3) is 0 Å². The van der Waals surface area contributed by atoms with Crippen LogP contribution in [0.5, 0.6) is 0 Å². The molecule has 0 radical (unpaired) electrons. The minimum atomic E-state index is 0.667. The van der Waals surface area contributed by atoms with Crippen LogP contribution >= 0.6 is 53.4 Å². The lowest BCUT2D eigenvalue weighted by molar-refractivity contribution is 0.932. The Kier molecular flexibility index (Phi) is 10.5. The molecule has 12 heavy (non-hydrogen) atoms. The van der Waals surface area contributed by atoms with Gasteiger partial charge in [-0.15, -0.1) is 0 Å². The third kappa shape index (κ3) is 11.7.